The van der Waals surface area contributed by atoms with Gasteiger partial charge in [0.1, 0.15) is 17.2 Å². The van der Waals surface area contributed by atoms with E-state index in [0.29, 0.717) is 27.1 Å². The van der Waals surface area contributed by atoms with Crippen LogP contribution in [0.5, 0.6) is 0 Å². The van der Waals surface area contributed by atoms with Crippen molar-refractivity contribution in [3.63, 3.8) is 0 Å². The van der Waals surface area contributed by atoms with Gasteiger partial charge in [0, 0.05) is 11.6 Å². The molecule has 2 aromatic carbocycles. The molecule has 0 atom stereocenters. The molecule has 0 spiro atoms. The van der Waals surface area contributed by atoms with E-state index >= 15 is 0 Å². The molecule has 7 heteroatoms. The highest BCUT2D eigenvalue weighted by Crippen LogP contribution is 2.34. The maximum atomic E-state index is 12.6. The zero-order valence-corrected chi connectivity index (χ0v) is 16.0. The Morgan fingerprint density at radius 1 is 0.964 bits per heavy atom. The van der Waals surface area contributed by atoms with Crippen LogP contribution in [0.2, 0.25) is 10.0 Å². The summed E-state index contributed by atoms with van der Waals surface area (Å²) in [6, 6.07) is 17.5. The number of carbonyl (C=O) groups is 2. The summed E-state index contributed by atoms with van der Waals surface area (Å²) >= 11 is 12.3. The first-order valence-corrected chi connectivity index (χ1v) is 9.21. The Morgan fingerprint density at radius 3 is 2.54 bits per heavy atom. The van der Waals surface area contributed by atoms with Gasteiger partial charge < -0.3 is 9.73 Å². The highest BCUT2D eigenvalue weighted by atomic mass is 35.5. The van der Waals surface area contributed by atoms with Crippen LogP contribution in [0, 0.1) is 0 Å². The lowest BCUT2D eigenvalue weighted by Crippen LogP contribution is -2.30. The second kappa shape index (κ2) is 7.54. The number of nitrogens with zero attached hydrogens (tertiary/aromatic N) is 1. The average molecular weight is 413 g/mol. The van der Waals surface area contributed by atoms with E-state index in [1.54, 1.807) is 30.3 Å². The zero-order valence-electron chi connectivity index (χ0n) is 14.5. The van der Waals surface area contributed by atoms with Crippen molar-refractivity contribution in [3.8, 4) is 11.3 Å². The number of imide groups is 1. The molecule has 2 heterocycles. The smallest absolute Gasteiger partial charge is 0.329 e. The topological polar surface area (TPSA) is 62.6 Å². The molecule has 3 aromatic rings. The van der Waals surface area contributed by atoms with E-state index in [4.69, 9.17) is 27.6 Å². The van der Waals surface area contributed by atoms with Crippen molar-refractivity contribution in [2.45, 2.75) is 6.54 Å². The van der Waals surface area contributed by atoms with Crippen LogP contribution in [0.3, 0.4) is 0 Å². The summed E-state index contributed by atoms with van der Waals surface area (Å²) in [6.07, 6.45) is 1.49. The fourth-order valence-electron chi connectivity index (χ4n) is 2.89. The molecule has 28 heavy (non-hydrogen) atoms. The Labute approximate surface area is 171 Å². The number of benzene rings is 2. The van der Waals surface area contributed by atoms with Gasteiger partial charge in [-0.05, 0) is 29.8 Å². The molecule has 3 amide bonds. The second-order valence-corrected chi connectivity index (χ2v) is 6.95. The molecule has 0 bridgehead atoms. The zero-order chi connectivity index (χ0) is 19.7. The van der Waals surface area contributed by atoms with E-state index in [1.807, 2.05) is 30.3 Å². The number of nitrogens with one attached hydrogen (secondary N) is 1. The number of rotatable bonds is 4. The first-order valence-electron chi connectivity index (χ1n) is 8.45. The lowest BCUT2D eigenvalue weighted by molar-refractivity contribution is -0.123. The third kappa shape index (κ3) is 3.54. The van der Waals surface area contributed by atoms with Crippen molar-refractivity contribution >= 4 is 41.2 Å². The van der Waals surface area contributed by atoms with Crippen LogP contribution in [-0.2, 0) is 11.3 Å². The quantitative estimate of drug-likeness (QED) is 0.464. The fraction of sp³-hybridized carbons (Fsp3) is 0.0476. The minimum Gasteiger partial charge on any atom is -0.457 e. The Balaban J connectivity index is 1.57. The van der Waals surface area contributed by atoms with Gasteiger partial charge in [-0.2, -0.15) is 0 Å². The van der Waals surface area contributed by atoms with E-state index in [1.165, 1.54) is 6.08 Å². The first-order chi connectivity index (χ1) is 13.5. The van der Waals surface area contributed by atoms with Gasteiger partial charge in [0.15, 0.2) is 0 Å². The summed E-state index contributed by atoms with van der Waals surface area (Å²) in [6.45, 7) is 0.199. The highest BCUT2D eigenvalue weighted by molar-refractivity contribution is 6.43. The molecule has 0 saturated carbocycles. The third-order valence-electron chi connectivity index (χ3n) is 4.28. The molecule has 0 unspecified atom stereocenters. The van der Waals surface area contributed by atoms with E-state index in [0.717, 1.165) is 10.5 Å². The van der Waals surface area contributed by atoms with E-state index in [-0.39, 0.29) is 12.2 Å². The van der Waals surface area contributed by atoms with Crippen molar-refractivity contribution in [2.75, 3.05) is 0 Å². The van der Waals surface area contributed by atoms with Crippen molar-refractivity contribution in [2.24, 2.45) is 0 Å². The van der Waals surface area contributed by atoms with Gasteiger partial charge in [-0.1, -0.05) is 59.6 Å². The number of urea groups is 1. The molecule has 140 valence electrons. The van der Waals surface area contributed by atoms with Crippen LogP contribution in [0.25, 0.3) is 17.4 Å². The molecular weight excluding hydrogens is 399 g/mol. The maximum Gasteiger partial charge on any atom is 0.329 e. The molecule has 1 aliphatic rings. The summed E-state index contributed by atoms with van der Waals surface area (Å²) < 4.78 is 5.76. The third-order valence-corrected chi connectivity index (χ3v) is 5.10. The van der Waals surface area contributed by atoms with Gasteiger partial charge >= 0.3 is 6.03 Å². The van der Waals surface area contributed by atoms with Gasteiger partial charge in [0.2, 0.25) is 0 Å². The van der Waals surface area contributed by atoms with Gasteiger partial charge in [-0.3, -0.25) is 9.69 Å². The fourth-order valence-corrected chi connectivity index (χ4v) is 3.29. The Bertz CT molecular complexity index is 1090. The van der Waals surface area contributed by atoms with Crippen LogP contribution in [0.15, 0.2) is 70.8 Å². The Kier molecular flexibility index (Phi) is 4.94. The molecule has 5 nitrogen and oxygen atoms in total. The Hall–Kier alpha value is -3.02. The van der Waals surface area contributed by atoms with Gasteiger partial charge in [0.05, 0.1) is 16.6 Å². The molecule has 1 N–H and O–H groups in total. The SMILES string of the molecule is O=C1N/C(=C/c2ccc(-c3cccc(Cl)c3Cl)o2)C(=O)N1Cc1ccccc1. The normalized spacial score (nSPS) is 15.4. The van der Waals surface area contributed by atoms with Gasteiger partial charge in [0.25, 0.3) is 5.91 Å². The van der Waals surface area contributed by atoms with E-state index in [2.05, 4.69) is 5.32 Å². The molecule has 1 saturated heterocycles. The maximum absolute atomic E-state index is 12.6. The lowest BCUT2D eigenvalue weighted by atomic mass is 10.2. The van der Waals surface area contributed by atoms with Crippen LogP contribution >= 0.6 is 23.2 Å². The van der Waals surface area contributed by atoms with Crippen LogP contribution in [-0.4, -0.2) is 16.8 Å². The van der Waals surface area contributed by atoms with Crippen molar-refractivity contribution < 1.29 is 14.0 Å². The predicted octanol–water partition coefficient (Wildman–Crippen LogP) is 5.35. The number of halogens is 2. The number of carbonyl (C=O) groups excluding carboxylic acids is 2. The molecule has 1 aliphatic heterocycles. The number of hydrogen-bond acceptors (Lipinski definition) is 3. The summed E-state index contributed by atoms with van der Waals surface area (Å²) in [5.41, 5.74) is 1.66. The number of amides is 3. The largest absolute Gasteiger partial charge is 0.457 e. The Morgan fingerprint density at radius 2 is 1.75 bits per heavy atom. The van der Waals surface area contributed by atoms with Crippen molar-refractivity contribution in [1.82, 2.24) is 10.2 Å². The molecule has 0 radical (unpaired) electrons. The second-order valence-electron chi connectivity index (χ2n) is 6.17. The lowest BCUT2D eigenvalue weighted by Gasteiger charge is -2.11. The summed E-state index contributed by atoms with van der Waals surface area (Å²) in [4.78, 5) is 25.9. The molecule has 0 aliphatic carbocycles. The number of hydrogen-bond donors (Lipinski definition) is 1. The minimum atomic E-state index is -0.468. The predicted molar refractivity (Wildman–Crippen MR) is 108 cm³/mol. The average Bonchev–Trinajstić information content (AvgIpc) is 3.25. The summed E-state index contributed by atoms with van der Waals surface area (Å²) in [7, 11) is 0. The van der Waals surface area contributed by atoms with E-state index in [9.17, 15) is 9.59 Å². The van der Waals surface area contributed by atoms with Crippen molar-refractivity contribution in [1.29, 1.82) is 0 Å². The van der Waals surface area contributed by atoms with Gasteiger partial charge in [-0.25, -0.2) is 4.79 Å². The van der Waals surface area contributed by atoms with Gasteiger partial charge in [-0.15, -0.1) is 0 Å². The van der Waals surface area contributed by atoms with Crippen molar-refractivity contribution in [3.05, 3.63) is 87.7 Å². The summed E-state index contributed by atoms with van der Waals surface area (Å²) in [5.74, 6) is 0.515. The first kappa shape index (κ1) is 18.3. The molecular formula is C21H14Cl2N2O3. The van der Waals surface area contributed by atoms with E-state index < -0.39 is 11.9 Å². The highest BCUT2D eigenvalue weighted by Gasteiger charge is 2.33. The summed E-state index contributed by atoms with van der Waals surface area (Å²) in [5, 5.41) is 3.39. The molecule has 1 fully saturated rings. The standard InChI is InChI=1S/C21H14Cl2N2O3/c22-16-8-4-7-15(19(16)23)18-10-9-14(28-18)11-17-20(26)25(21(27)24-17)12-13-5-2-1-3-6-13/h1-11H,12H2,(H,24,27)/b17-11+. The minimum absolute atomic E-state index is 0.152. The molecule has 1 aromatic heterocycles. The number of furan rings is 1. The monoisotopic (exact) mass is 412 g/mol. The molecule has 4 rings (SSSR count). The van der Waals surface area contributed by atoms with Crippen LogP contribution < -0.4 is 5.32 Å². The van der Waals surface area contributed by atoms with Crippen LogP contribution in [0.4, 0.5) is 4.79 Å². The van der Waals surface area contributed by atoms with Crippen LogP contribution in [0.1, 0.15) is 11.3 Å².